The van der Waals surface area contributed by atoms with Crippen LogP contribution in [0.2, 0.25) is 0 Å². The third-order valence-electron chi connectivity index (χ3n) is 2.90. The van der Waals surface area contributed by atoms with Gasteiger partial charge in [-0.15, -0.1) is 0 Å². The van der Waals surface area contributed by atoms with E-state index in [4.69, 9.17) is 8.92 Å². The highest BCUT2D eigenvalue weighted by molar-refractivity contribution is 7.86. The Balaban J connectivity index is 2.33. The molecule has 110 valence electrons. The lowest BCUT2D eigenvalue weighted by Gasteiger charge is -2.27. The van der Waals surface area contributed by atoms with Gasteiger partial charge in [0, 0.05) is 13.1 Å². The second-order valence-corrected chi connectivity index (χ2v) is 6.27. The first kappa shape index (κ1) is 14.8. The van der Waals surface area contributed by atoms with Gasteiger partial charge in [0.2, 0.25) is 0 Å². The normalized spacial score (nSPS) is 16.0. The van der Waals surface area contributed by atoms with Crippen molar-refractivity contribution in [3.63, 3.8) is 0 Å². The minimum atomic E-state index is -3.67. The standard InChI is InChI=1S/C13H17NO5S/c1-10-3-4-12(19-20(2,16)17)11(9-10)13(15)14-5-7-18-8-6-14/h3-4,9H,5-8H2,1-2H3. The van der Waals surface area contributed by atoms with Gasteiger partial charge in [0.05, 0.1) is 25.0 Å². The fraction of sp³-hybridized carbons (Fsp3) is 0.462. The van der Waals surface area contributed by atoms with Crippen LogP contribution in [0.5, 0.6) is 5.75 Å². The van der Waals surface area contributed by atoms with Gasteiger partial charge in [-0.2, -0.15) is 8.42 Å². The number of carbonyl (C=O) groups excluding carboxylic acids is 1. The molecule has 1 saturated heterocycles. The maximum Gasteiger partial charge on any atom is 0.306 e. The van der Waals surface area contributed by atoms with Crippen molar-refractivity contribution in [1.82, 2.24) is 4.90 Å². The van der Waals surface area contributed by atoms with Gasteiger partial charge in [0.1, 0.15) is 0 Å². The first-order chi connectivity index (χ1) is 9.37. The smallest absolute Gasteiger partial charge is 0.306 e. The van der Waals surface area contributed by atoms with E-state index in [0.717, 1.165) is 11.8 Å². The maximum atomic E-state index is 12.5. The molecule has 1 aliphatic heterocycles. The summed E-state index contributed by atoms with van der Waals surface area (Å²) in [5.41, 5.74) is 1.12. The molecule has 1 aliphatic rings. The first-order valence-electron chi connectivity index (χ1n) is 6.24. The van der Waals surface area contributed by atoms with Crippen molar-refractivity contribution in [1.29, 1.82) is 0 Å². The van der Waals surface area contributed by atoms with Crippen molar-refractivity contribution in [2.24, 2.45) is 0 Å². The first-order valence-corrected chi connectivity index (χ1v) is 8.05. The van der Waals surface area contributed by atoms with E-state index in [1.807, 2.05) is 6.92 Å². The molecule has 1 fully saturated rings. The van der Waals surface area contributed by atoms with E-state index in [1.54, 1.807) is 17.0 Å². The number of nitrogens with zero attached hydrogens (tertiary/aromatic N) is 1. The van der Waals surface area contributed by atoms with Gasteiger partial charge < -0.3 is 13.8 Å². The second kappa shape index (κ2) is 5.80. The molecule has 0 atom stereocenters. The minimum Gasteiger partial charge on any atom is -0.382 e. The van der Waals surface area contributed by atoms with Gasteiger partial charge in [-0.1, -0.05) is 11.6 Å². The van der Waals surface area contributed by atoms with Crippen LogP contribution in [-0.2, 0) is 14.9 Å². The molecule has 0 unspecified atom stereocenters. The van der Waals surface area contributed by atoms with Crippen LogP contribution in [0.4, 0.5) is 0 Å². The predicted molar refractivity (Wildman–Crippen MR) is 73.4 cm³/mol. The Morgan fingerprint density at radius 3 is 2.55 bits per heavy atom. The van der Waals surface area contributed by atoms with Crippen LogP contribution in [0.15, 0.2) is 18.2 Å². The van der Waals surface area contributed by atoms with Gasteiger partial charge in [-0.25, -0.2) is 0 Å². The quantitative estimate of drug-likeness (QED) is 0.772. The van der Waals surface area contributed by atoms with E-state index in [2.05, 4.69) is 0 Å². The predicted octanol–water partition coefficient (Wildman–Crippen LogP) is 0.806. The minimum absolute atomic E-state index is 0.0644. The van der Waals surface area contributed by atoms with Crippen molar-refractivity contribution in [3.05, 3.63) is 29.3 Å². The van der Waals surface area contributed by atoms with E-state index in [1.165, 1.54) is 6.07 Å². The van der Waals surface area contributed by atoms with Gasteiger partial charge in [-0.3, -0.25) is 4.79 Å². The van der Waals surface area contributed by atoms with Crippen molar-refractivity contribution >= 4 is 16.0 Å². The summed E-state index contributed by atoms with van der Waals surface area (Å²) in [5.74, 6) is -0.176. The van der Waals surface area contributed by atoms with Crippen LogP contribution in [-0.4, -0.2) is 51.8 Å². The molecule has 0 bridgehead atoms. The summed E-state index contributed by atoms with van der Waals surface area (Å²) in [6.07, 6.45) is 0.954. The molecule has 0 spiro atoms. The molecule has 20 heavy (non-hydrogen) atoms. The molecule has 0 saturated carbocycles. The summed E-state index contributed by atoms with van der Waals surface area (Å²) in [6, 6.07) is 4.85. The van der Waals surface area contributed by atoms with E-state index in [0.29, 0.717) is 26.3 Å². The molecule has 1 aromatic carbocycles. The second-order valence-electron chi connectivity index (χ2n) is 4.69. The highest BCUT2D eigenvalue weighted by Crippen LogP contribution is 2.23. The summed E-state index contributed by atoms with van der Waals surface area (Å²) < 4.78 is 32.6. The summed E-state index contributed by atoms with van der Waals surface area (Å²) >= 11 is 0. The molecule has 0 N–H and O–H groups in total. The number of hydrogen-bond acceptors (Lipinski definition) is 5. The molecular formula is C13H17NO5S. The average Bonchev–Trinajstić information content (AvgIpc) is 2.39. The van der Waals surface area contributed by atoms with Gasteiger partial charge >= 0.3 is 10.1 Å². The zero-order valence-electron chi connectivity index (χ0n) is 11.5. The molecule has 1 heterocycles. The van der Waals surface area contributed by atoms with Crippen LogP contribution < -0.4 is 4.18 Å². The van der Waals surface area contributed by atoms with Gasteiger partial charge in [0.25, 0.3) is 5.91 Å². The fourth-order valence-electron chi connectivity index (χ4n) is 1.98. The van der Waals surface area contributed by atoms with Crippen LogP contribution in [0, 0.1) is 6.92 Å². The number of carbonyl (C=O) groups is 1. The molecule has 0 aromatic heterocycles. The molecule has 7 heteroatoms. The average molecular weight is 299 g/mol. The lowest BCUT2D eigenvalue weighted by molar-refractivity contribution is 0.0301. The Morgan fingerprint density at radius 1 is 1.30 bits per heavy atom. The lowest BCUT2D eigenvalue weighted by atomic mass is 10.1. The number of hydrogen-bond donors (Lipinski definition) is 0. The third-order valence-corrected chi connectivity index (χ3v) is 3.39. The highest BCUT2D eigenvalue weighted by atomic mass is 32.2. The Morgan fingerprint density at radius 2 is 1.95 bits per heavy atom. The summed E-state index contributed by atoms with van der Waals surface area (Å²) in [4.78, 5) is 14.1. The van der Waals surface area contributed by atoms with E-state index in [-0.39, 0.29) is 17.2 Å². The Bertz CT molecular complexity index is 605. The van der Waals surface area contributed by atoms with E-state index in [9.17, 15) is 13.2 Å². The summed E-state index contributed by atoms with van der Waals surface area (Å²) in [5, 5.41) is 0. The van der Waals surface area contributed by atoms with Crippen molar-refractivity contribution in [3.8, 4) is 5.75 Å². The Labute approximate surface area is 118 Å². The van der Waals surface area contributed by atoms with E-state index >= 15 is 0 Å². The van der Waals surface area contributed by atoms with Gasteiger partial charge in [0.15, 0.2) is 5.75 Å². The fourth-order valence-corrected chi connectivity index (χ4v) is 2.45. The monoisotopic (exact) mass is 299 g/mol. The Kier molecular flexibility index (Phi) is 4.29. The largest absolute Gasteiger partial charge is 0.382 e. The SMILES string of the molecule is Cc1ccc(OS(C)(=O)=O)c(C(=O)N2CCOCC2)c1. The number of ether oxygens (including phenoxy) is 1. The zero-order valence-corrected chi connectivity index (χ0v) is 12.3. The lowest BCUT2D eigenvalue weighted by Crippen LogP contribution is -2.40. The molecule has 6 nitrogen and oxygen atoms in total. The number of aryl methyl sites for hydroxylation is 1. The number of rotatable bonds is 3. The summed E-state index contributed by atoms with van der Waals surface area (Å²) in [7, 11) is -3.67. The van der Waals surface area contributed by atoms with Crippen molar-refractivity contribution in [2.45, 2.75) is 6.92 Å². The molecule has 0 radical (unpaired) electrons. The molecule has 2 rings (SSSR count). The highest BCUT2D eigenvalue weighted by Gasteiger charge is 2.23. The topological polar surface area (TPSA) is 72.9 Å². The molecule has 0 aliphatic carbocycles. The third kappa shape index (κ3) is 3.71. The van der Waals surface area contributed by atoms with Crippen molar-refractivity contribution < 1.29 is 22.1 Å². The maximum absolute atomic E-state index is 12.5. The number of morpholine rings is 1. The van der Waals surface area contributed by atoms with Gasteiger partial charge in [-0.05, 0) is 19.1 Å². The molecular weight excluding hydrogens is 282 g/mol. The number of amides is 1. The molecule has 1 amide bonds. The number of benzene rings is 1. The van der Waals surface area contributed by atoms with Crippen molar-refractivity contribution in [2.75, 3.05) is 32.6 Å². The zero-order chi connectivity index (χ0) is 14.8. The van der Waals surface area contributed by atoms with Crippen LogP contribution in [0.3, 0.4) is 0 Å². The van der Waals surface area contributed by atoms with Crippen LogP contribution >= 0.6 is 0 Å². The van der Waals surface area contributed by atoms with E-state index < -0.39 is 10.1 Å². The van der Waals surface area contributed by atoms with Crippen LogP contribution in [0.25, 0.3) is 0 Å². The Hall–Kier alpha value is -1.60. The van der Waals surface area contributed by atoms with Crippen LogP contribution in [0.1, 0.15) is 15.9 Å². The molecule has 1 aromatic rings. The summed E-state index contributed by atoms with van der Waals surface area (Å²) in [6.45, 7) is 3.79.